The summed E-state index contributed by atoms with van der Waals surface area (Å²) in [6.45, 7) is 1.01. The number of carbonyl (C=O) groups excluding carboxylic acids is 1. The number of ether oxygens (including phenoxy) is 3. The first-order chi connectivity index (χ1) is 9.70. The van der Waals surface area contributed by atoms with E-state index in [0.29, 0.717) is 41.7 Å². The highest BCUT2D eigenvalue weighted by Gasteiger charge is 2.21. The van der Waals surface area contributed by atoms with Gasteiger partial charge in [-0.15, -0.1) is 0 Å². The third-order valence-corrected chi connectivity index (χ3v) is 3.14. The molecule has 0 atom stereocenters. The number of aryl methyl sites for hydroxylation is 1. The van der Waals surface area contributed by atoms with Crippen molar-refractivity contribution in [3.05, 3.63) is 35.7 Å². The van der Waals surface area contributed by atoms with Gasteiger partial charge in [-0.05, 0) is 18.2 Å². The van der Waals surface area contributed by atoms with E-state index >= 15 is 0 Å². The van der Waals surface area contributed by atoms with Crippen LogP contribution in [0.15, 0.2) is 24.4 Å². The van der Waals surface area contributed by atoms with Crippen LogP contribution >= 0.6 is 0 Å². The quantitative estimate of drug-likeness (QED) is 0.792. The predicted octanol–water partition coefficient (Wildman–Crippen LogP) is 1.43. The zero-order valence-electron chi connectivity index (χ0n) is 11.3. The van der Waals surface area contributed by atoms with Gasteiger partial charge in [0.25, 0.3) is 0 Å². The second kappa shape index (κ2) is 4.88. The summed E-state index contributed by atoms with van der Waals surface area (Å²) in [5.74, 6) is 1.53. The average Bonchev–Trinajstić information content (AvgIpc) is 2.87. The Labute approximate surface area is 115 Å². The van der Waals surface area contributed by atoms with Gasteiger partial charge >= 0.3 is 0 Å². The second-order valence-electron chi connectivity index (χ2n) is 4.37. The van der Waals surface area contributed by atoms with Crippen LogP contribution < -0.4 is 14.2 Å². The molecule has 0 amide bonds. The lowest BCUT2D eigenvalue weighted by atomic mass is 10.1. The summed E-state index contributed by atoms with van der Waals surface area (Å²) in [6, 6.07) is 5.14. The molecule has 0 unspecified atom stereocenters. The number of ketones is 1. The zero-order chi connectivity index (χ0) is 14.1. The molecule has 0 bridgehead atoms. The Morgan fingerprint density at radius 1 is 1.30 bits per heavy atom. The number of benzene rings is 1. The molecule has 3 rings (SSSR count). The van der Waals surface area contributed by atoms with Gasteiger partial charge in [0, 0.05) is 12.6 Å². The lowest BCUT2D eigenvalue weighted by Gasteiger charge is -2.18. The number of aromatic nitrogens is 2. The number of hydrogen-bond donors (Lipinski definition) is 0. The number of methoxy groups -OCH3 is 1. The molecule has 0 aliphatic carbocycles. The smallest absolute Gasteiger partial charge is 0.214 e. The van der Waals surface area contributed by atoms with Crippen LogP contribution in [0.3, 0.4) is 0 Å². The minimum absolute atomic E-state index is 0.168. The number of fused-ring (bicyclic) bond motifs is 1. The van der Waals surface area contributed by atoms with Crippen molar-refractivity contribution in [2.24, 2.45) is 7.05 Å². The molecule has 104 valence electrons. The summed E-state index contributed by atoms with van der Waals surface area (Å²) in [7, 11) is 3.21. The molecule has 0 radical (unpaired) electrons. The molecular weight excluding hydrogens is 260 g/mol. The Hall–Kier alpha value is -2.50. The van der Waals surface area contributed by atoms with Crippen molar-refractivity contribution in [3.63, 3.8) is 0 Å². The van der Waals surface area contributed by atoms with Crippen molar-refractivity contribution >= 4 is 5.78 Å². The van der Waals surface area contributed by atoms with Crippen LogP contribution in [0.25, 0.3) is 0 Å². The van der Waals surface area contributed by atoms with Gasteiger partial charge in [0.05, 0.1) is 13.3 Å². The van der Waals surface area contributed by atoms with Gasteiger partial charge < -0.3 is 14.2 Å². The van der Waals surface area contributed by atoms with Crippen LogP contribution in [-0.2, 0) is 7.05 Å². The average molecular weight is 274 g/mol. The molecule has 1 aromatic carbocycles. The summed E-state index contributed by atoms with van der Waals surface area (Å²) < 4.78 is 17.6. The van der Waals surface area contributed by atoms with Crippen LogP contribution in [0, 0.1) is 0 Å². The first kappa shape index (κ1) is 12.5. The van der Waals surface area contributed by atoms with Crippen molar-refractivity contribution in [3.8, 4) is 17.2 Å². The molecule has 1 aliphatic rings. The van der Waals surface area contributed by atoms with Crippen LogP contribution in [0.1, 0.15) is 16.1 Å². The summed E-state index contributed by atoms with van der Waals surface area (Å²) in [6.07, 6.45) is 1.52. The standard InChI is InChI=1S/C14H14N2O4/c1-16-13(12(18-2)8-15-16)14(17)9-3-4-10-11(7-9)20-6-5-19-10/h3-4,7-8H,5-6H2,1-2H3. The minimum atomic E-state index is -0.168. The summed E-state index contributed by atoms with van der Waals surface area (Å²) >= 11 is 0. The van der Waals surface area contributed by atoms with Crippen LogP contribution in [0.2, 0.25) is 0 Å². The molecular formula is C14H14N2O4. The van der Waals surface area contributed by atoms with Gasteiger partial charge in [0.15, 0.2) is 22.9 Å². The van der Waals surface area contributed by atoms with Crippen molar-refractivity contribution in [1.29, 1.82) is 0 Å². The molecule has 6 heteroatoms. The van der Waals surface area contributed by atoms with E-state index in [1.54, 1.807) is 25.2 Å². The number of nitrogens with zero attached hydrogens (tertiary/aromatic N) is 2. The second-order valence-corrected chi connectivity index (χ2v) is 4.37. The first-order valence-corrected chi connectivity index (χ1v) is 6.21. The van der Waals surface area contributed by atoms with Crippen molar-refractivity contribution in [2.45, 2.75) is 0 Å². The van der Waals surface area contributed by atoms with Crippen LogP contribution in [-0.4, -0.2) is 35.9 Å². The van der Waals surface area contributed by atoms with Crippen molar-refractivity contribution < 1.29 is 19.0 Å². The normalized spacial score (nSPS) is 13.1. The third-order valence-electron chi connectivity index (χ3n) is 3.14. The van der Waals surface area contributed by atoms with E-state index in [-0.39, 0.29) is 5.78 Å². The van der Waals surface area contributed by atoms with Gasteiger partial charge in [0.2, 0.25) is 5.78 Å². The molecule has 2 heterocycles. The van der Waals surface area contributed by atoms with Gasteiger partial charge in [0.1, 0.15) is 13.2 Å². The van der Waals surface area contributed by atoms with E-state index in [1.165, 1.54) is 18.0 Å². The highest BCUT2D eigenvalue weighted by Crippen LogP contribution is 2.32. The van der Waals surface area contributed by atoms with Crippen LogP contribution in [0.5, 0.6) is 17.2 Å². The topological polar surface area (TPSA) is 62.6 Å². The maximum Gasteiger partial charge on any atom is 0.214 e. The van der Waals surface area contributed by atoms with Crippen LogP contribution in [0.4, 0.5) is 0 Å². The summed E-state index contributed by atoms with van der Waals surface area (Å²) in [5, 5.41) is 4.04. The molecule has 6 nitrogen and oxygen atoms in total. The lowest BCUT2D eigenvalue weighted by molar-refractivity contribution is 0.102. The van der Waals surface area contributed by atoms with Crippen molar-refractivity contribution in [1.82, 2.24) is 9.78 Å². The molecule has 0 saturated carbocycles. The molecule has 1 aromatic heterocycles. The van der Waals surface area contributed by atoms with E-state index in [2.05, 4.69) is 5.10 Å². The lowest BCUT2D eigenvalue weighted by Crippen LogP contribution is -2.16. The number of rotatable bonds is 3. The highest BCUT2D eigenvalue weighted by molar-refractivity contribution is 6.09. The first-order valence-electron chi connectivity index (χ1n) is 6.21. The van der Waals surface area contributed by atoms with Crippen molar-refractivity contribution in [2.75, 3.05) is 20.3 Å². The molecule has 0 fully saturated rings. The monoisotopic (exact) mass is 274 g/mol. The molecule has 0 spiro atoms. The fourth-order valence-electron chi connectivity index (χ4n) is 2.15. The number of carbonyl (C=O) groups is 1. The van der Waals surface area contributed by atoms with E-state index in [0.717, 1.165) is 0 Å². The SMILES string of the molecule is COc1cnn(C)c1C(=O)c1ccc2c(c1)OCCO2. The maximum absolute atomic E-state index is 12.6. The molecule has 1 aliphatic heterocycles. The molecule has 0 saturated heterocycles. The van der Waals surface area contributed by atoms with Gasteiger partial charge in [-0.2, -0.15) is 5.10 Å². The summed E-state index contributed by atoms with van der Waals surface area (Å²) in [4.78, 5) is 12.6. The fraction of sp³-hybridized carbons (Fsp3) is 0.286. The molecule has 0 N–H and O–H groups in total. The highest BCUT2D eigenvalue weighted by atomic mass is 16.6. The van der Waals surface area contributed by atoms with E-state index < -0.39 is 0 Å². The predicted molar refractivity (Wildman–Crippen MR) is 70.6 cm³/mol. The van der Waals surface area contributed by atoms with E-state index in [9.17, 15) is 4.79 Å². The Bertz CT molecular complexity index is 663. The molecule has 20 heavy (non-hydrogen) atoms. The zero-order valence-corrected chi connectivity index (χ0v) is 11.3. The Morgan fingerprint density at radius 2 is 2.05 bits per heavy atom. The van der Waals surface area contributed by atoms with Gasteiger partial charge in [-0.25, -0.2) is 0 Å². The van der Waals surface area contributed by atoms with E-state index in [1.807, 2.05) is 0 Å². The molecule has 2 aromatic rings. The Kier molecular flexibility index (Phi) is 3.06. The summed E-state index contributed by atoms with van der Waals surface area (Å²) in [5.41, 5.74) is 0.917. The minimum Gasteiger partial charge on any atom is -0.493 e. The Morgan fingerprint density at radius 3 is 2.80 bits per heavy atom. The number of hydrogen-bond acceptors (Lipinski definition) is 5. The Balaban J connectivity index is 2.00. The largest absolute Gasteiger partial charge is 0.493 e. The van der Waals surface area contributed by atoms with Gasteiger partial charge in [-0.1, -0.05) is 0 Å². The van der Waals surface area contributed by atoms with E-state index in [4.69, 9.17) is 14.2 Å². The maximum atomic E-state index is 12.6. The third kappa shape index (κ3) is 1.99. The fourth-order valence-corrected chi connectivity index (χ4v) is 2.15. The van der Waals surface area contributed by atoms with Gasteiger partial charge in [-0.3, -0.25) is 9.48 Å².